The monoisotopic (exact) mass is 382 g/mol. The predicted molar refractivity (Wildman–Crippen MR) is 108 cm³/mol. The number of nitrogens with two attached hydrogens (primary N) is 1. The summed E-state index contributed by atoms with van der Waals surface area (Å²) >= 11 is 1.61. The number of hydrogen-bond donors (Lipinski definition) is 2. The molecule has 0 saturated carbocycles. The molecule has 7 heteroatoms. The van der Waals surface area contributed by atoms with E-state index in [1.165, 1.54) is 0 Å². The highest BCUT2D eigenvalue weighted by atomic mass is 32.1. The van der Waals surface area contributed by atoms with Gasteiger partial charge in [0, 0.05) is 33.6 Å². The van der Waals surface area contributed by atoms with E-state index in [0.717, 1.165) is 33.2 Å². The van der Waals surface area contributed by atoms with Gasteiger partial charge in [-0.05, 0) is 57.5 Å². The van der Waals surface area contributed by atoms with Crippen LogP contribution in [0.5, 0.6) is 0 Å². The van der Waals surface area contributed by atoms with Crippen LogP contribution in [-0.2, 0) is 11.3 Å². The number of amides is 2. The lowest BCUT2D eigenvalue weighted by atomic mass is 10.1. The minimum Gasteiger partial charge on any atom is -0.366 e. The van der Waals surface area contributed by atoms with Crippen LogP contribution in [0.25, 0.3) is 11.3 Å². The van der Waals surface area contributed by atoms with Crippen molar-refractivity contribution in [1.29, 1.82) is 0 Å². The molecule has 0 spiro atoms. The lowest BCUT2D eigenvalue weighted by Gasteiger charge is -2.12. The lowest BCUT2D eigenvalue weighted by Crippen LogP contribution is -2.21. The Bertz CT molecular complexity index is 1030. The molecule has 140 valence electrons. The molecule has 0 aliphatic rings. The number of anilines is 1. The largest absolute Gasteiger partial charge is 0.366 e. The van der Waals surface area contributed by atoms with Gasteiger partial charge in [-0.2, -0.15) is 0 Å². The van der Waals surface area contributed by atoms with Gasteiger partial charge in [-0.3, -0.25) is 9.59 Å². The number of aryl methyl sites for hydroxylation is 3. The average molecular weight is 382 g/mol. The fourth-order valence-electron chi connectivity index (χ4n) is 3.08. The zero-order chi connectivity index (χ0) is 19.7. The zero-order valence-corrected chi connectivity index (χ0v) is 16.6. The first-order valence-corrected chi connectivity index (χ1v) is 9.43. The molecule has 0 atom stereocenters. The van der Waals surface area contributed by atoms with Crippen LogP contribution in [-0.4, -0.2) is 21.4 Å². The van der Waals surface area contributed by atoms with Crippen molar-refractivity contribution in [3.05, 3.63) is 57.2 Å². The van der Waals surface area contributed by atoms with Crippen molar-refractivity contribution in [1.82, 2.24) is 9.55 Å². The Hall–Kier alpha value is -2.93. The van der Waals surface area contributed by atoms with Crippen LogP contribution in [0.15, 0.2) is 29.6 Å². The highest BCUT2D eigenvalue weighted by Gasteiger charge is 2.16. The van der Waals surface area contributed by atoms with Crippen molar-refractivity contribution in [3.63, 3.8) is 0 Å². The molecule has 3 aromatic rings. The summed E-state index contributed by atoms with van der Waals surface area (Å²) in [4.78, 5) is 28.4. The molecule has 0 unspecified atom stereocenters. The number of nitrogens with zero attached hydrogens (tertiary/aromatic N) is 2. The van der Waals surface area contributed by atoms with Gasteiger partial charge >= 0.3 is 0 Å². The van der Waals surface area contributed by atoms with Gasteiger partial charge in [0.05, 0.1) is 10.7 Å². The van der Waals surface area contributed by atoms with E-state index in [2.05, 4.69) is 16.4 Å². The zero-order valence-electron chi connectivity index (χ0n) is 15.8. The molecule has 0 aliphatic heterocycles. The first-order chi connectivity index (χ1) is 12.8. The molecule has 2 amide bonds. The van der Waals surface area contributed by atoms with Gasteiger partial charge < -0.3 is 15.6 Å². The van der Waals surface area contributed by atoms with Crippen molar-refractivity contribution < 1.29 is 9.59 Å². The molecule has 0 saturated heterocycles. The fraction of sp³-hybridized carbons (Fsp3) is 0.250. The molecule has 3 rings (SSSR count). The summed E-state index contributed by atoms with van der Waals surface area (Å²) in [5.41, 5.74) is 11.2. The molecule has 6 nitrogen and oxygen atoms in total. The summed E-state index contributed by atoms with van der Waals surface area (Å²) in [5.74, 6) is -0.618. The van der Waals surface area contributed by atoms with Gasteiger partial charge in [-0.15, -0.1) is 11.3 Å². The highest BCUT2D eigenvalue weighted by molar-refractivity contribution is 7.09. The lowest BCUT2D eigenvalue weighted by molar-refractivity contribution is -0.116. The van der Waals surface area contributed by atoms with Gasteiger partial charge in [-0.1, -0.05) is 0 Å². The second kappa shape index (κ2) is 7.36. The predicted octanol–water partition coefficient (Wildman–Crippen LogP) is 3.58. The Morgan fingerprint density at radius 1 is 1.19 bits per heavy atom. The number of benzene rings is 1. The van der Waals surface area contributed by atoms with Crippen LogP contribution >= 0.6 is 11.3 Å². The number of aromatic nitrogens is 2. The Labute approximate surface area is 162 Å². The molecular weight excluding hydrogens is 360 g/mol. The van der Waals surface area contributed by atoms with Crippen LogP contribution in [0.4, 0.5) is 5.69 Å². The molecule has 2 heterocycles. The number of carbonyl (C=O) groups is 2. The van der Waals surface area contributed by atoms with E-state index in [9.17, 15) is 9.59 Å². The molecular formula is C20H22N4O2S. The molecule has 3 N–H and O–H groups in total. The van der Waals surface area contributed by atoms with Gasteiger partial charge in [0.1, 0.15) is 6.54 Å². The molecule has 2 aromatic heterocycles. The van der Waals surface area contributed by atoms with Gasteiger partial charge in [0.15, 0.2) is 0 Å². The van der Waals surface area contributed by atoms with E-state index < -0.39 is 5.91 Å². The summed E-state index contributed by atoms with van der Waals surface area (Å²) in [6, 6.07) is 7.04. The second-order valence-electron chi connectivity index (χ2n) is 6.56. The summed E-state index contributed by atoms with van der Waals surface area (Å²) in [5, 5.41) is 5.96. The third-order valence-corrected chi connectivity index (χ3v) is 5.33. The standard InChI is InChI=1S/C20H22N4O2S/c1-11-7-15(20(21)26)5-6-17(11)23-19(25)9-24-12(2)8-16(13(24)3)18-10-27-14(4)22-18/h5-8,10H,9H2,1-4H3,(H2,21,26)(H,23,25). The van der Waals surface area contributed by atoms with Crippen LogP contribution in [0.2, 0.25) is 0 Å². The third kappa shape index (κ3) is 3.93. The topological polar surface area (TPSA) is 90.0 Å². The molecule has 1 aromatic carbocycles. The Kier molecular flexibility index (Phi) is 5.14. The van der Waals surface area contributed by atoms with Gasteiger partial charge in [-0.25, -0.2) is 4.98 Å². The minimum absolute atomic E-state index is 0.132. The molecule has 0 bridgehead atoms. The van der Waals surface area contributed by atoms with E-state index in [4.69, 9.17) is 5.73 Å². The Morgan fingerprint density at radius 2 is 1.93 bits per heavy atom. The van der Waals surface area contributed by atoms with E-state index in [1.54, 1.807) is 29.5 Å². The second-order valence-corrected chi connectivity index (χ2v) is 7.63. The van der Waals surface area contributed by atoms with E-state index in [-0.39, 0.29) is 12.5 Å². The maximum atomic E-state index is 12.6. The van der Waals surface area contributed by atoms with Crippen LogP contribution < -0.4 is 11.1 Å². The van der Waals surface area contributed by atoms with Gasteiger partial charge in [0.25, 0.3) is 0 Å². The summed E-state index contributed by atoms with van der Waals surface area (Å²) in [6.45, 7) is 7.99. The van der Waals surface area contributed by atoms with Crippen LogP contribution in [0.1, 0.15) is 32.3 Å². The normalized spacial score (nSPS) is 10.8. The fourth-order valence-corrected chi connectivity index (χ4v) is 3.69. The van der Waals surface area contributed by atoms with E-state index in [0.29, 0.717) is 11.3 Å². The van der Waals surface area contributed by atoms with Crippen molar-refractivity contribution in [2.75, 3.05) is 5.32 Å². The average Bonchev–Trinajstić information content (AvgIpc) is 3.14. The third-order valence-electron chi connectivity index (χ3n) is 4.56. The summed E-state index contributed by atoms with van der Waals surface area (Å²) in [7, 11) is 0. The molecule has 0 fully saturated rings. The van der Waals surface area contributed by atoms with Crippen molar-refractivity contribution in [2.24, 2.45) is 5.73 Å². The maximum absolute atomic E-state index is 12.6. The quantitative estimate of drug-likeness (QED) is 0.707. The number of carbonyl (C=O) groups excluding carboxylic acids is 2. The van der Waals surface area contributed by atoms with Gasteiger partial charge in [0.2, 0.25) is 11.8 Å². The van der Waals surface area contributed by atoms with Crippen molar-refractivity contribution in [3.8, 4) is 11.3 Å². The number of rotatable bonds is 5. The van der Waals surface area contributed by atoms with Crippen LogP contribution in [0, 0.1) is 27.7 Å². The first kappa shape index (κ1) is 18.8. The van der Waals surface area contributed by atoms with E-state index >= 15 is 0 Å². The number of nitrogens with one attached hydrogen (secondary N) is 1. The van der Waals surface area contributed by atoms with Crippen LogP contribution in [0.3, 0.4) is 0 Å². The first-order valence-electron chi connectivity index (χ1n) is 8.56. The highest BCUT2D eigenvalue weighted by Crippen LogP contribution is 2.28. The molecule has 0 radical (unpaired) electrons. The molecule has 27 heavy (non-hydrogen) atoms. The number of primary amides is 1. The maximum Gasteiger partial charge on any atom is 0.248 e. The van der Waals surface area contributed by atoms with Crippen molar-refractivity contribution in [2.45, 2.75) is 34.2 Å². The SMILES string of the molecule is Cc1nc(-c2cc(C)n(CC(=O)Nc3ccc(C(N)=O)cc3C)c2C)cs1. The van der Waals surface area contributed by atoms with Crippen molar-refractivity contribution >= 4 is 28.8 Å². The number of hydrogen-bond acceptors (Lipinski definition) is 4. The number of thiazole rings is 1. The van der Waals surface area contributed by atoms with E-state index in [1.807, 2.05) is 37.6 Å². The Balaban J connectivity index is 1.79. The Morgan fingerprint density at radius 3 is 2.52 bits per heavy atom. The summed E-state index contributed by atoms with van der Waals surface area (Å²) in [6.07, 6.45) is 0. The summed E-state index contributed by atoms with van der Waals surface area (Å²) < 4.78 is 1.98. The smallest absolute Gasteiger partial charge is 0.248 e. The minimum atomic E-state index is -0.487. The molecule has 0 aliphatic carbocycles.